The molecular weight excluding hydrogens is 212 g/mol. The maximum absolute atomic E-state index is 4.23. The fourth-order valence-electron chi connectivity index (χ4n) is 2.05. The molecule has 0 rings (SSSR count). The Kier molecular flexibility index (Phi) is 13.7. The van der Waals surface area contributed by atoms with Crippen LogP contribution in [0.4, 0.5) is 0 Å². The Labute approximate surface area is 109 Å². The van der Waals surface area contributed by atoms with Gasteiger partial charge in [0.2, 0.25) is 0 Å². The predicted octanol–water partition coefficient (Wildman–Crippen LogP) is 5.86. The first kappa shape index (κ1) is 16.4. The smallest absolute Gasteiger partial charge is 0.00979 e. The molecule has 1 heteroatoms. The first-order valence-electron chi connectivity index (χ1n) is 7.42. The summed E-state index contributed by atoms with van der Waals surface area (Å²) >= 11 is 4.23. The Morgan fingerprint density at radius 3 is 1.62 bits per heavy atom. The first-order chi connectivity index (χ1) is 7.81. The van der Waals surface area contributed by atoms with Crippen LogP contribution in [0.1, 0.15) is 84.5 Å². The third kappa shape index (κ3) is 12.4. The minimum Gasteiger partial charge on any atom is -0.179 e. The Morgan fingerprint density at radius 1 is 0.750 bits per heavy atom. The van der Waals surface area contributed by atoms with E-state index in [-0.39, 0.29) is 0 Å². The maximum atomic E-state index is 4.23. The minimum absolute atomic E-state index is 0.946. The van der Waals surface area contributed by atoms with Crippen molar-refractivity contribution in [2.24, 2.45) is 5.92 Å². The average molecular weight is 244 g/mol. The second-order valence-corrected chi connectivity index (χ2v) is 5.65. The van der Waals surface area contributed by atoms with Gasteiger partial charge in [0.05, 0.1) is 0 Å². The molecule has 0 heterocycles. The van der Waals surface area contributed by atoms with Crippen molar-refractivity contribution in [3.63, 3.8) is 0 Å². The van der Waals surface area contributed by atoms with E-state index in [1.807, 2.05) is 0 Å². The topological polar surface area (TPSA) is 0 Å². The van der Waals surface area contributed by atoms with E-state index >= 15 is 0 Å². The van der Waals surface area contributed by atoms with Crippen molar-refractivity contribution in [2.75, 3.05) is 5.75 Å². The van der Waals surface area contributed by atoms with Crippen molar-refractivity contribution in [2.45, 2.75) is 84.5 Å². The van der Waals surface area contributed by atoms with Gasteiger partial charge in [0.25, 0.3) is 0 Å². The van der Waals surface area contributed by atoms with Crippen LogP contribution >= 0.6 is 12.6 Å². The first-order valence-corrected chi connectivity index (χ1v) is 8.05. The lowest BCUT2D eigenvalue weighted by Gasteiger charge is -2.07. The summed E-state index contributed by atoms with van der Waals surface area (Å²) in [6, 6.07) is 0. The molecule has 0 spiro atoms. The molecule has 1 atom stereocenters. The van der Waals surface area contributed by atoms with Gasteiger partial charge < -0.3 is 0 Å². The molecule has 0 aliphatic rings. The minimum atomic E-state index is 0.946. The van der Waals surface area contributed by atoms with Crippen molar-refractivity contribution < 1.29 is 0 Å². The number of rotatable bonds is 12. The van der Waals surface area contributed by atoms with Crippen molar-refractivity contribution in [1.82, 2.24) is 0 Å². The lowest BCUT2D eigenvalue weighted by atomic mass is 9.99. The summed E-state index contributed by atoms with van der Waals surface area (Å²) in [5.74, 6) is 2.01. The molecule has 0 nitrogen and oxygen atoms in total. The molecule has 0 unspecified atom stereocenters. The fraction of sp³-hybridized carbons (Fsp3) is 1.00. The van der Waals surface area contributed by atoms with Crippen LogP contribution < -0.4 is 0 Å². The van der Waals surface area contributed by atoms with E-state index in [1.165, 1.54) is 70.6 Å². The monoisotopic (exact) mass is 244 g/mol. The molecule has 0 amide bonds. The molecule has 0 aromatic carbocycles. The third-order valence-electron chi connectivity index (χ3n) is 3.55. The van der Waals surface area contributed by atoms with Crippen LogP contribution in [0.5, 0.6) is 0 Å². The summed E-state index contributed by atoms with van der Waals surface area (Å²) in [6.45, 7) is 4.68. The summed E-state index contributed by atoms with van der Waals surface area (Å²) in [7, 11) is 0. The molecule has 0 aliphatic heterocycles. The molecule has 98 valence electrons. The summed E-state index contributed by atoms with van der Waals surface area (Å²) in [4.78, 5) is 0. The van der Waals surface area contributed by atoms with Crippen molar-refractivity contribution in [3.8, 4) is 0 Å². The van der Waals surface area contributed by atoms with E-state index in [4.69, 9.17) is 0 Å². The highest BCUT2D eigenvalue weighted by Gasteiger charge is 1.98. The van der Waals surface area contributed by atoms with Gasteiger partial charge in [-0.25, -0.2) is 0 Å². The van der Waals surface area contributed by atoms with Crippen molar-refractivity contribution in [1.29, 1.82) is 0 Å². The third-order valence-corrected chi connectivity index (χ3v) is 3.87. The molecular formula is C15H32S. The van der Waals surface area contributed by atoms with Crippen LogP contribution in [0.2, 0.25) is 0 Å². The van der Waals surface area contributed by atoms with E-state index < -0.39 is 0 Å². The quantitative estimate of drug-likeness (QED) is 0.322. The zero-order valence-corrected chi connectivity index (χ0v) is 12.4. The maximum Gasteiger partial charge on any atom is -0.00979 e. The van der Waals surface area contributed by atoms with Gasteiger partial charge in [-0.2, -0.15) is 12.6 Å². The van der Waals surface area contributed by atoms with Gasteiger partial charge in [0, 0.05) is 0 Å². The summed E-state index contributed by atoms with van der Waals surface area (Å²) in [6.07, 6.45) is 15.6. The van der Waals surface area contributed by atoms with Crippen molar-refractivity contribution >= 4 is 12.6 Å². The molecule has 0 aromatic rings. The molecule has 0 N–H and O–H groups in total. The summed E-state index contributed by atoms with van der Waals surface area (Å²) in [5, 5.41) is 0. The predicted molar refractivity (Wildman–Crippen MR) is 79.5 cm³/mol. The van der Waals surface area contributed by atoms with Crippen LogP contribution in [0.25, 0.3) is 0 Å². The molecule has 0 aromatic heterocycles. The van der Waals surface area contributed by atoms with E-state index in [9.17, 15) is 0 Å². The molecule has 0 fully saturated rings. The van der Waals surface area contributed by atoms with Crippen LogP contribution in [0.3, 0.4) is 0 Å². The average Bonchev–Trinajstić information content (AvgIpc) is 2.31. The SMILES string of the molecule is CC[C@@H](C)CCCCCCCCCCCS. The summed E-state index contributed by atoms with van der Waals surface area (Å²) < 4.78 is 0. The number of hydrogen-bond acceptors (Lipinski definition) is 1. The van der Waals surface area contributed by atoms with E-state index in [1.54, 1.807) is 0 Å². The van der Waals surface area contributed by atoms with E-state index in [0.717, 1.165) is 11.7 Å². The van der Waals surface area contributed by atoms with Crippen LogP contribution in [0.15, 0.2) is 0 Å². The number of thiol groups is 1. The van der Waals surface area contributed by atoms with Gasteiger partial charge in [-0.15, -0.1) is 0 Å². The standard InChI is InChI=1S/C15H32S/c1-3-15(2)13-11-9-7-5-4-6-8-10-12-14-16/h15-16H,3-14H2,1-2H3/t15-/m1/s1. The van der Waals surface area contributed by atoms with Crippen LogP contribution in [0, 0.1) is 5.92 Å². The molecule has 0 saturated carbocycles. The fourth-order valence-corrected chi connectivity index (χ4v) is 2.27. The lowest BCUT2D eigenvalue weighted by Crippen LogP contribution is -1.91. The Balaban J connectivity index is 2.93. The van der Waals surface area contributed by atoms with E-state index in [2.05, 4.69) is 26.5 Å². The van der Waals surface area contributed by atoms with Gasteiger partial charge in [-0.1, -0.05) is 78.1 Å². The summed E-state index contributed by atoms with van der Waals surface area (Å²) in [5.41, 5.74) is 0. The van der Waals surface area contributed by atoms with Gasteiger partial charge in [0.1, 0.15) is 0 Å². The lowest BCUT2D eigenvalue weighted by molar-refractivity contribution is 0.469. The molecule has 0 aliphatic carbocycles. The zero-order valence-electron chi connectivity index (χ0n) is 11.5. The van der Waals surface area contributed by atoms with Crippen LogP contribution in [-0.4, -0.2) is 5.75 Å². The highest BCUT2D eigenvalue weighted by atomic mass is 32.1. The molecule has 0 saturated heterocycles. The highest BCUT2D eigenvalue weighted by molar-refractivity contribution is 7.80. The number of hydrogen-bond donors (Lipinski definition) is 1. The molecule has 0 radical (unpaired) electrons. The zero-order chi connectivity index (χ0) is 12.1. The largest absolute Gasteiger partial charge is 0.179 e. The van der Waals surface area contributed by atoms with Crippen LogP contribution in [-0.2, 0) is 0 Å². The van der Waals surface area contributed by atoms with Gasteiger partial charge >= 0.3 is 0 Å². The second kappa shape index (κ2) is 13.4. The molecule has 0 bridgehead atoms. The van der Waals surface area contributed by atoms with Gasteiger partial charge in [-0.05, 0) is 18.1 Å². The number of unbranched alkanes of at least 4 members (excludes halogenated alkanes) is 8. The highest BCUT2D eigenvalue weighted by Crippen LogP contribution is 2.14. The Bertz CT molecular complexity index is 123. The van der Waals surface area contributed by atoms with E-state index in [0.29, 0.717) is 0 Å². The normalized spacial score (nSPS) is 12.9. The Hall–Kier alpha value is 0.350. The van der Waals surface area contributed by atoms with Gasteiger partial charge in [0.15, 0.2) is 0 Å². The Morgan fingerprint density at radius 2 is 1.19 bits per heavy atom. The second-order valence-electron chi connectivity index (χ2n) is 5.21. The van der Waals surface area contributed by atoms with Crippen molar-refractivity contribution in [3.05, 3.63) is 0 Å². The molecule has 16 heavy (non-hydrogen) atoms. The van der Waals surface area contributed by atoms with Gasteiger partial charge in [-0.3, -0.25) is 0 Å².